The molecule has 6 nitrogen and oxygen atoms in total. The van der Waals surface area contributed by atoms with Gasteiger partial charge in [0.25, 0.3) is 0 Å². The number of anilines is 1. The van der Waals surface area contributed by atoms with Gasteiger partial charge in [-0.05, 0) is 43.0 Å². The molecular formula is C24H34IN5O. The highest BCUT2D eigenvalue weighted by atomic mass is 127. The molecule has 0 amide bonds. The first kappa shape index (κ1) is 23.8. The number of guanidine groups is 1. The Hall–Kier alpha value is -1.87. The number of aryl methyl sites for hydroxylation is 1. The van der Waals surface area contributed by atoms with Crippen molar-refractivity contribution in [3.8, 4) is 0 Å². The quantitative estimate of drug-likeness (QED) is 0.370. The second-order valence-electron chi connectivity index (χ2n) is 8.27. The minimum atomic E-state index is 0. The van der Waals surface area contributed by atoms with E-state index in [4.69, 9.17) is 4.74 Å². The summed E-state index contributed by atoms with van der Waals surface area (Å²) in [5.74, 6) is 2.05. The van der Waals surface area contributed by atoms with Crippen molar-refractivity contribution in [2.75, 3.05) is 57.9 Å². The summed E-state index contributed by atoms with van der Waals surface area (Å²) >= 11 is 0. The van der Waals surface area contributed by atoms with Gasteiger partial charge in [-0.25, -0.2) is 4.98 Å². The molecule has 3 heterocycles. The van der Waals surface area contributed by atoms with E-state index in [0.717, 1.165) is 70.6 Å². The number of nitrogens with one attached hydrogen (secondary N) is 1. The van der Waals surface area contributed by atoms with E-state index < -0.39 is 0 Å². The SMILES string of the molecule is CN=C(NCC1(c2ccccc2C)CCOCC1)N1CCN(c2ccccn2)CC1.I. The molecule has 0 atom stereocenters. The zero-order chi connectivity index (χ0) is 20.8. The molecular weight excluding hydrogens is 501 g/mol. The first-order valence-corrected chi connectivity index (χ1v) is 11.0. The van der Waals surface area contributed by atoms with Crippen LogP contribution in [0.3, 0.4) is 0 Å². The number of benzene rings is 1. The Balaban J connectivity index is 0.00000272. The van der Waals surface area contributed by atoms with E-state index in [1.807, 2.05) is 25.4 Å². The molecule has 2 aliphatic heterocycles. The van der Waals surface area contributed by atoms with Crippen LogP contribution >= 0.6 is 24.0 Å². The average molecular weight is 535 g/mol. The van der Waals surface area contributed by atoms with Crippen molar-refractivity contribution >= 4 is 35.8 Å². The third-order valence-electron chi connectivity index (χ3n) is 6.52. The number of rotatable bonds is 4. The van der Waals surface area contributed by atoms with Crippen LogP contribution in [0.25, 0.3) is 0 Å². The van der Waals surface area contributed by atoms with Gasteiger partial charge in [0.1, 0.15) is 5.82 Å². The van der Waals surface area contributed by atoms with Gasteiger partial charge in [-0.3, -0.25) is 4.99 Å². The molecule has 1 aromatic heterocycles. The van der Waals surface area contributed by atoms with Crippen LogP contribution < -0.4 is 10.2 Å². The molecule has 31 heavy (non-hydrogen) atoms. The van der Waals surface area contributed by atoms with Crippen LogP contribution in [0.5, 0.6) is 0 Å². The van der Waals surface area contributed by atoms with Gasteiger partial charge in [0.15, 0.2) is 5.96 Å². The lowest BCUT2D eigenvalue weighted by Gasteiger charge is -2.41. The normalized spacial score (nSPS) is 19.0. The molecule has 0 spiro atoms. The molecule has 2 fully saturated rings. The molecule has 2 aliphatic rings. The Kier molecular flexibility index (Phi) is 8.54. The van der Waals surface area contributed by atoms with E-state index in [1.165, 1.54) is 11.1 Å². The predicted octanol–water partition coefficient (Wildman–Crippen LogP) is 3.45. The standard InChI is InChI=1S/C24H33N5O.HI/c1-20-7-3-4-8-21(20)24(10-17-30-18-11-24)19-27-23(25-2)29-15-13-28(14-16-29)22-9-5-6-12-26-22;/h3-9,12H,10-11,13-19H2,1-2H3,(H,25,27);1H. The number of hydrogen-bond donors (Lipinski definition) is 1. The molecule has 0 unspecified atom stereocenters. The van der Waals surface area contributed by atoms with Gasteiger partial charge in [-0.2, -0.15) is 0 Å². The first-order valence-electron chi connectivity index (χ1n) is 11.0. The molecule has 1 N–H and O–H groups in total. The Morgan fingerprint density at radius 1 is 1.06 bits per heavy atom. The van der Waals surface area contributed by atoms with Crippen LogP contribution in [0.4, 0.5) is 5.82 Å². The summed E-state index contributed by atoms with van der Waals surface area (Å²) in [6, 6.07) is 14.9. The van der Waals surface area contributed by atoms with Gasteiger partial charge < -0.3 is 19.9 Å². The van der Waals surface area contributed by atoms with E-state index in [9.17, 15) is 0 Å². The average Bonchev–Trinajstić information content (AvgIpc) is 2.81. The number of pyridine rings is 1. The van der Waals surface area contributed by atoms with Gasteiger partial charge in [-0.15, -0.1) is 24.0 Å². The van der Waals surface area contributed by atoms with E-state index in [1.54, 1.807) is 0 Å². The fraction of sp³-hybridized carbons (Fsp3) is 0.500. The van der Waals surface area contributed by atoms with E-state index in [-0.39, 0.29) is 29.4 Å². The summed E-state index contributed by atoms with van der Waals surface area (Å²) in [6.07, 6.45) is 3.94. The van der Waals surface area contributed by atoms with Crippen molar-refractivity contribution in [3.05, 3.63) is 59.8 Å². The summed E-state index contributed by atoms with van der Waals surface area (Å²) < 4.78 is 5.71. The Bertz CT molecular complexity index is 846. The van der Waals surface area contributed by atoms with Crippen LogP contribution in [0, 0.1) is 6.92 Å². The molecule has 0 radical (unpaired) electrons. The topological polar surface area (TPSA) is 53.0 Å². The van der Waals surface area contributed by atoms with Gasteiger partial charge in [0.2, 0.25) is 0 Å². The van der Waals surface area contributed by atoms with Crippen LogP contribution in [0.2, 0.25) is 0 Å². The molecule has 0 aliphatic carbocycles. The minimum Gasteiger partial charge on any atom is -0.381 e. The van der Waals surface area contributed by atoms with Gasteiger partial charge in [0.05, 0.1) is 0 Å². The van der Waals surface area contributed by atoms with E-state index in [0.29, 0.717) is 0 Å². The number of piperazine rings is 1. The second kappa shape index (κ2) is 11.1. The van der Waals surface area contributed by atoms with Crippen LogP contribution in [-0.2, 0) is 10.2 Å². The maximum Gasteiger partial charge on any atom is 0.193 e. The number of aliphatic imine (C=N–C) groups is 1. The lowest BCUT2D eigenvalue weighted by Crippen LogP contribution is -2.55. The summed E-state index contributed by atoms with van der Waals surface area (Å²) in [6.45, 7) is 8.53. The molecule has 2 aromatic rings. The third kappa shape index (κ3) is 5.49. The number of halogens is 1. The summed E-state index contributed by atoms with van der Waals surface area (Å²) in [4.78, 5) is 13.8. The van der Waals surface area contributed by atoms with Crippen molar-refractivity contribution in [2.24, 2.45) is 4.99 Å². The lowest BCUT2D eigenvalue weighted by atomic mass is 9.72. The maximum atomic E-state index is 5.71. The number of aromatic nitrogens is 1. The molecule has 2 saturated heterocycles. The summed E-state index contributed by atoms with van der Waals surface area (Å²) in [5.41, 5.74) is 2.89. The van der Waals surface area contributed by atoms with Crippen molar-refractivity contribution in [2.45, 2.75) is 25.2 Å². The van der Waals surface area contributed by atoms with Gasteiger partial charge in [0, 0.05) is 64.6 Å². The van der Waals surface area contributed by atoms with Crippen molar-refractivity contribution in [1.82, 2.24) is 15.2 Å². The van der Waals surface area contributed by atoms with E-state index in [2.05, 4.69) is 62.3 Å². The van der Waals surface area contributed by atoms with Gasteiger partial charge >= 0.3 is 0 Å². The van der Waals surface area contributed by atoms with Crippen molar-refractivity contribution < 1.29 is 4.74 Å². The van der Waals surface area contributed by atoms with Crippen LogP contribution in [0.15, 0.2) is 53.7 Å². The van der Waals surface area contributed by atoms with Crippen molar-refractivity contribution in [1.29, 1.82) is 0 Å². The van der Waals surface area contributed by atoms with Gasteiger partial charge in [-0.1, -0.05) is 30.3 Å². The Morgan fingerprint density at radius 2 is 1.77 bits per heavy atom. The van der Waals surface area contributed by atoms with Crippen LogP contribution in [0.1, 0.15) is 24.0 Å². The molecule has 0 saturated carbocycles. The summed E-state index contributed by atoms with van der Waals surface area (Å²) in [5, 5.41) is 3.72. The fourth-order valence-electron chi connectivity index (χ4n) is 4.74. The number of nitrogens with zero attached hydrogens (tertiary/aromatic N) is 4. The lowest BCUT2D eigenvalue weighted by molar-refractivity contribution is 0.0509. The van der Waals surface area contributed by atoms with E-state index >= 15 is 0 Å². The minimum absolute atomic E-state index is 0. The maximum absolute atomic E-state index is 5.71. The molecule has 1 aromatic carbocycles. The highest BCUT2D eigenvalue weighted by Crippen LogP contribution is 2.36. The summed E-state index contributed by atoms with van der Waals surface area (Å²) in [7, 11) is 1.89. The largest absolute Gasteiger partial charge is 0.381 e. The third-order valence-corrected chi connectivity index (χ3v) is 6.52. The van der Waals surface area contributed by atoms with Crippen molar-refractivity contribution in [3.63, 3.8) is 0 Å². The fourth-order valence-corrected chi connectivity index (χ4v) is 4.74. The Morgan fingerprint density at radius 3 is 2.42 bits per heavy atom. The zero-order valence-electron chi connectivity index (χ0n) is 18.6. The predicted molar refractivity (Wildman–Crippen MR) is 138 cm³/mol. The van der Waals surface area contributed by atoms with Crippen LogP contribution in [-0.4, -0.2) is 68.8 Å². The Labute approximate surface area is 203 Å². The highest BCUT2D eigenvalue weighted by molar-refractivity contribution is 14.0. The molecule has 0 bridgehead atoms. The number of hydrogen-bond acceptors (Lipinski definition) is 4. The smallest absolute Gasteiger partial charge is 0.193 e. The molecule has 7 heteroatoms. The molecule has 168 valence electrons. The first-order chi connectivity index (χ1) is 14.7. The monoisotopic (exact) mass is 535 g/mol. The second-order valence-corrected chi connectivity index (χ2v) is 8.27. The highest BCUT2D eigenvalue weighted by Gasteiger charge is 2.36. The number of ether oxygens (including phenoxy) is 1. The zero-order valence-corrected chi connectivity index (χ0v) is 20.9. The molecule has 4 rings (SSSR count).